The van der Waals surface area contributed by atoms with Gasteiger partial charge in [-0.2, -0.15) is 0 Å². The zero-order valence-electron chi connectivity index (χ0n) is 11.5. The van der Waals surface area contributed by atoms with Crippen LogP contribution in [0.4, 0.5) is 0 Å². The average molecular weight is 379 g/mol. The van der Waals surface area contributed by atoms with E-state index in [9.17, 15) is 19.8 Å². The predicted molar refractivity (Wildman–Crippen MR) is 77.0 cm³/mol. The number of rotatable bonds is 5. The molecule has 0 spiro atoms. The molecule has 1 aromatic rings. The van der Waals surface area contributed by atoms with Crippen molar-refractivity contribution in [1.29, 1.82) is 0 Å². The van der Waals surface area contributed by atoms with Crippen molar-refractivity contribution in [2.75, 3.05) is 7.11 Å². The molecule has 2 heterocycles. The van der Waals surface area contributed by atoms with E-state index in [1.54, 1.807) is 0 Å². The first-order valence-electron chi connectivity index (χ1n) is 6.22. The summed E-state index contributed by atoms with van der Waals surface area (Å²) in [7, 11) is 1.33. The molecule has 122 valence electrons. The molecule has 1 fully saturated rings. The molecule has 1 unspecified atom stereocenters. The Morgan fingerprint density at radius 2 is 2.18 bits per heavy atom. The fraction of sp³-hybridized carbons (Fsp3) is 0.500. The van der Waals surface area contributed by atoms with Gasteiger partial charge in [-0.3, -0.25) is 14.3 Å². The van der Waals surface area contributed by atoms with Crippen LogP contribution in [0.2, 0.25) is 0 Å². The third-order valence-corrected chi connectivity index (χ3v) is 3.77. The molecule has 10 heteroatoms. The predicted octanol–water partition coefficient (Wildman–Crippen LogP) is -0.949. The van der Waals surface area contributed by atoms with Crippen LogP contribution in [0.1, 0.15) is 6.23 Å². The number of aliphatic hydroxyl groups is 2. The molecule has 9 nitrogen and oxygen atoms in total. The quantitative estimate of drug-likeness (QED) is 0.445. The Labute approximate surface area is 132 Å². The van der Waals surface area contributed by atoms with Crippen molar-refractivity contribution in [2.24, 2.45) is 0 Å². The number of aliphatic hydroxyl groups excluding tert-OH is 2. The highest BCUT2D eigenvalue weighted by atomic mass is 79.9. The van der Waals surface area contributed by atoms with E-state index in [1.807, 2.05) is 0 Å². The van der Waals surface area contributed by atoms with Crippen molar-refractivity contribution >= 4 is 15.9 Å². The normalized spacial score (nSPS) is 29.3. The van der Waals surface area contributed by atoms with Gasteiger partial charge in [0, 0.05) is 13.3 Å². The lowest BCUT2D eigenvalue weighted by Gasteiger charge is -2.23. The molecule has 0 radical (unpaired) electrons. The van der Waals surface area contributed by atoms with Gasteiger partial charge in [-0.05, 0) is 15.9 Å². The third-order valence-electron chi connectivity index (χ3n) is 3.20. The molecule has 0 bridgehead atoms. The molecule has 0 aliphatic carbocycles. The standard InChI is InChI=1S/C12H15BrN2O7/c1-3-21-11(20-2)8-6(16)7(17)10(22-8)15-4-5(13)9(18)14-12(15)19/h3-4,6-8,10-11,16-17H,1H2,2H3,(H,14,18,19)/t6-,7+,8-,10+,11?/m0/s1. The number of aromatic nitrogens is 2. The molecule has 1 aliphatic heterocycles. The van der Waals surface area contributed by atoms with Gasteiger partial charge >= 0.3 is 5.69 Å². The van der Waals surface area contributed by atoms with Crippen LogP contribution >= 0.6 is 15.9 Å². The van der Waals surface area contributed by atoms with E-state index in [0.29, 0.717) is 0 Å². The maximum Gasteiger partial charge on any atom is 0.330 e. The summed E-state index contributed by atoms with van der Waals surface area (Å²) in [6, 6.07) is 0. The lowest BCUT2D eigenvalue weighted by molar-refractivity contribution is -0.186. The summed E-state index contributed by atoms with van der Waals surface area (Å²) in [5, 5.41) is 20.2. The van der Waals surface area contributed by atoms with Crippen LogP contribution in [-0.2, 0) is 14.2 Å². The second kappa shape index (κ2) is 6.75. The molecular weight excluding hydrogens is 364 g/mol. The summed E-state index contributed by atoms with van der Waals surface area (Å²) < 4.78 is 16.6. The van der Waals surface area contributed by atoms with Crippen molar-refractivity contribution in [3.63, 3.8) is 0 Å². The van der Waals surface area contributed by atoms with Gasteiger partial charge in [0.2, 0.25) is 6.29 Å². The zero-order chi connectivity index (χ0) is 16.4. The Morgan fingerprint density at radius 3 is 2.77 bits per heavy atom. The van der Waals surface area contributed by atoms with Crippen molar-refractivity contribution < 1.29 is 24.4 Å². The summed E-state index contributed by atoms with van der Waals surface area (Å²) in [5.74, 6) is 0. The van der Waals surface area contributed by atoms with E-state index in [4.69, 9.17) is 14.2 Å². The van der Waals surface area contributed by atoms with E-state index in [2.05, 4.69) is 27.5 Å². The van der Waals surface area contributed by atoms with Crippen LogP contribution in [0.15, 0.2) is 33.1 Å². The highest BCUT2D eigenvalue weighted by Gasteiger charge is 2.48. The SMILES string of the molecule is C=COC(OC)[C@H]1O[C@@H](n2cc(Br)c(=O)[nH]c2=O)[C@H](O)[C@@H]1O. The molecule has 0 saturated carbocycles. The molecule has 22 heavy (non-hydrogen) atoms. The number of nitrogens with one attached hydrogen (secondary N) is 1. The van der Waals surface area contributed by atoms with Crippen molar-refractivity contribution in [1.82, 2.24) is 9.55 Å². The lowest BCUT2D eigenvalue weighted by atomic mass is 10.1. The minimum Gasteiger partial charge on any atom is -0.470 e. The Bertz CT molecular complexity index is 658. The zero-order valence-corrected chi connectivity index (χ0v) is 13.1. The summed E-state index contributed by atoms with van der Waals surface area (Å²) >= 11 is 2.98. The molecular formula is C12H15BrN2O7. The average Bonchev–Trinajstić information content (AvgIpc) is 2.77. The van der Waals surface area contributed by atoms with Gasteiger partial charge in [-0.1, -0.05) is 6.58 Å². The van der Waals surface area contributed by atoms with Crippen LogP contribution in [0.5, 0.6) is 0 Å². The molecule has 0 amide bonds. The van der Waals surface area contributed by atoms with E-state index < -0.39 is 42.1 Å². The van der Waals surface area contributed by atoms with Crippen LogP contribution in [0.25, 0.3) is 0 Å². The van der Waals surface area contributed by atoms with Gasteiger partial charge in [-0.25, -0.2) is 4.79 Å². The largest absolute Gasteiger partial charge is 0.470 e. The fourth-order valence-corrected chi connectivity index (χ4v) is 2.47. The second-order valence-electron chi connectivity index (χ2n) is 4.52. The van der Waals surface area contributed by atoms with Crippen LogP contribution < -0.4 is 11.2 Å². The minimum absolute atomic E-state index is 0.0754. The smallest absolute Gasteiger partial charge is 0.330 e. The van der Waals surface area contributed by atoms with Gasteiger partial charge in [-0.15, -0.1) is 0 Å². The molecule has 0 aromatic carbocycles. The first-order chi connectivity index (χ1) is 10.4. The number of halogens is 1. The number of methoxy groups -OCH3 is 1. The van der Waals surface area contributed by atoms with Gasteiger partial charge in [0.15, 0.2) is 12.3 Å². The molecule has 1 aromatic heterocycles. The summed E-state index contributed by atoms with van der Waals surface area (Å²) in [6.07, 6.45) is -3.81. The summed E-state index contributed by atoms with van der Waals surface area (Å²) in [6.45, 7) is 3.37. The van der Waals surface area contributed by atoms with E-state index in [1.165, 1.54) is 13.3 Å². The second-order valence-corrected chi connectivity index (χ2v) is 5.38. The van der Waals surface area contributed by atoms with Gasteiger partial charge < -0.3 is 24.4 Å². The molecule has 1 aliphatic rings. The topological polar surface area (TPSA) is 123 Å². The maximum atomic E-state index is 11.8. The van der Waals surface area contributed by atoms with E-state index in [-0.39, 0.29) is 4.47 Å². The molecule has 2 rings (SSSR count). The van der Waals surface area contributed by atoms with E-state index >= 15 is 0 Å². The van der Waals surface area contributed by atoms with Crippen LogP contribution in [-0.4, -0.2) is 51.5 Å². The van der Waals surface area contributed by atoms with Gasteiger partial charge in [0.05, 0.1) is 10.7 Å². The Balaban J connectivity index is 2.34. The van der Waals surface area contributed by atoms with Crippen molar-refractivity contribution in [3.05, 3.63) is 44.3 Å². The number of nitrogens with zero attached hydrogens (tertiary/aromatic N) is 1. The Kier molecular flexibility index (Phi) is 5.19. The highest BCUT2D eigenvalue weighted by Crippen LogP contribution is 2.31. The fourth-order valence-electron chi connectivity index (χ4n) is 2.15. The monoisotopic (exact) mass is 378 g/mol. The number of H-pyrrole nitrogens is 1. The lowest BCUT2D eigenvalue weighted by Crippen LogP contribution is -2.40. The number of ether oxygens (including phenoxy) is 3. The molecule has 5 atom stereocenters. The number of hydrogen-bond acceptors (Lipinski definition) is 7. The maximum absolute atomic E-state index is 11.8. The van der Waals surface area contributed by atoms with Crippen molar-refractivity contribution in [2.45, 2.75) is 30.8 Å². The first-order valence-corrected chi connectivity index (χ1v) is 7.01. The highest BCUT2D eigenvalue weighted by molar-refractivity contribution is 9.10. The Hall–Kier alpha value is -1.46. The van der Waals surface area contributed by atoms with Gasteiger partial charge in [0.25, 0.3) is 5.56 Å². The van der Waals surface area contributed by atoms with E-state index in [0.717, 1.165) is 10.8 Å². The van der Waals surface area contributed by atoms with Gasteiger partial charge in [0.1, 0.15) is 12.2 Å². The third kappa shape index (κ3) is 3.01. The number of aromatic amines is 1. The van der Waals surface area contributed by atoms with Crippen LogP contribution in [0, 0.1) is 0 Å². The van der Waals surface area contributed by atoms with Crippen LogP contribution in [0.3, 0.4) is 0 Å². The number of hydrogen-bond donors (Lipinski definition) is 3. The molecule has 1 saturated heterocycles. The minimum atomic E-state index is -1.42. The molecule has 3 N–H and O–H groups in total. The first kappa shape index (κ1) is 16.9. The Morgan fingerprint density at radius 1 is 1.50 bits per heavy atom. The summed E-state index contributed by atoms with van der Waals surface area (Å²) in [4.78, 5) is 25.2. The summed E-state index contributed by atoms with van der Waals surface area (Å²) in [5.41, 5.74) is -1.40. The van der Waals surface area contributed by atoms with Crippen molar-refractivity contribution in [3.8, 4) is 0 Å².